The number of fused-ring (bicyclic) bond motifs is 1. The summed E-state index contributed by atoms with van der Waals surface area (Å²) < 4.78 is 17.0. The minimum absolute atomic E-state index is 0.246. The van der Waals surface area contributed by atoms with Crippen LogP contribution in [-0.4, -0.2) is 10.2 Å². The van der Waals surface area contributed by atoms with E-state index < -0.39 is 0 Å². The molecule has 128 valence electrons. The van der Waals surface area contributed by atoms with Gasteiger partial charge in [-0.05, 0) is 61.1 Å². The third-order valence-corrected chi connectivity index (χ3v) is 4.30. The Hall–Kier alpha value is -2.82. The van der Waals surface area contributed by atoms with E-state index >= 15 is 0 Å². The van der Waals surface area contributed by atoms with Gasteiger partial charge in [-0.25, -0.2) is 0 Å². The highest BCUT2D eigenvalue weighted by Gasteiger charge is 2.11. The third kappa shape index (κ3) is 3.99. The summed E-state index contributed by atoms with van der Waals surface area (Å²) in [6.07, 6.45) is 4.84. The Morgan fingerprint density at radius 2 is 1.44 bits per heavy atom. The van der Waals surface area contributed by atoms with Crippen LogP contribution in [0.25, 0.3) is 0 Å². The smallest absolute Gasteiger partial charge is 0.254 e. The van der Waals surface area contributed by atoms with Crippen LogP contribution >= 0.6 is 0 Å². The van der Waals surface area contributed by atoms with Crippen LogP contribution in [0, 0.1) is 0 Å². The molecule has 5 nitrogen and oxygen atoms in total. The second kappa shape index (κ2) is 7.38. The van der Waals surface area contributed by atoms with Gasteiger partial charge in [0.2, 0.25) is 0 Å². The maximum absolute atomic E-state index is 5.80. The lowest BCUT2D eigenvalue weighted by Gasteiger charge is -2.16. The van der Waals surface area contributed by atoms with E-state index in [0.717, 1.165) is 17.9 Å². The molecule has 1 heterocycles. The molecule has 0 N–H and O–H groups in total. The van der Waals surface area contributed by atoms with Crippen LogP contribution < -0.4 is 9.47 Å². The Morgan fingerprint density at radius 3 is 2.20 bits per heavy atom. The van der Waals surface area contributed by atoms with Crippen molar-refractivity contribution in [3.63, 3.8) is 0 Å². The van der Waals surface area contributed by atoms with Gasteiger partial charge >= 0.3 is 0 Å². The molecule has 1 aliphatic carbocycles. The molecule has 0 saturated heterocycles. The molecule has 0 bridgehead atoms. The van der Waals surface area contributed by atoms with Gasteiger partial charge in [-0.3, -0.25) is 0 Å². The quantitative estimate of drug-likeness (QED) is 0.678. The van der Waals surface area contributed by atoms with E-state index in [0.29, 0.717) is 11.8 Å². The van der Waals surface area contributed by atoms with Crippen molar-refractivity contribution in [2.75, 3.05) is 0 Å². The van der Waals surface area contributed by atoms with Crippen LogP contribution in [0.1, 0.15) is 35.7 Å². The molecule has 0 unspecified atom stereocenters. The van der Waals surface area contributed by atoms with Gasteiger partial charge < -0.3 is 13.9 Å². The molecule has 3 aromatic rings. The number of nitrogens with zero attached hydrogens (tertiary/aromatic N) is 2. The number of para-hydroxylation sites is 1. The van der Waals surface area contributed by atoms with E-state index in [1.165, 1.54) is 30.4 Å². The fourth-order valence-electron chi connectivity index (χ4n) is 3.01. The molecule has 0 atom stereocenters. The van der Waals surface area contributed by atoms with Crippen molar-refractivity contribution < 1.29 is 13.9 Å². The number of hydrogen-bond donors (Lipinski definition) is 0. The Balaban J connectivity index is 1.32. The van der Waals surface area contributed by atoms with E-state index in [4.69, 9.17) is 13.9 Å². The van der Waals surface area contributed by atoms with E-state index in [1.54, 1.807) is 0 Å². The molecule has 0 amide bonds. The minimum atomic E-state index is 0.246. The summed E-state index contributed by atoms with van der Waals surface area (Å²) in [6.45, 7) is 0.507. The van der Waals surface area contributed by atoms with Crippen LogP contribution in [-0.2, 0) is 26.1 Å². The van der Waals surface area contributed by atoms with Gasteiger partial charge in [0.15, 0.2) is 13.2 Å². The largest absolute Gasteiger partial charge is 0.484 e. The average Bonchev–Trinajstić information content (AvgIpc) is 3.13. The molecule has 4 rings (SSSR count). The first kappa shape index (κ1) is 15.7. The van der Waals surface area contributed by atoms with E-state index in [9.17, 15) is 0 Å². The third-order valence-electron chi connectivity index (χ3n) is 4.30. The first-order valence-electron chi connectivity index (χ1n) is 8.60. The standard InChI is InChI=1S/C20H20N2O3/c1-2-8-17(9-3-1)23-13-19-21-22-20(25-19)14-24-18-11-10-15-6-4-5-7-16(15)12-18/h1-3,8-12H,4-7,13-14H2. The highest BCUT2D eigenvalue weighted by molar-refractivity contribution is 5.37. The van der Waals surface area contributed by atoms with Crippen molar-refractivity contribution in [1.82, 2.24) is 10.2 Å². The molecule has 0 saturated carbocycles. The number of aryl methyl sites for hydroxylation is 2. The predicted molar refractivity (Wildman–Crippen MR) is 92.5 cm³/mol. The lowest BCUT2D eigenvalue weighted by Crippen LogP contribution is -2.03. The normalized spacial score (nSPS) is 13.3. The van der Waals surface area contributed by atoms with Crippen molar-refractivity contribution in [2.45, 2.75) is 38.9 Å². The van der Waals surface area contributed by atoms with E-state index in [-0.39, 0.29) is 13.2 Å². The zero-order valence-electron chi connectivity index (χ0n) is 14.0. The van der Waals surface area contributed by atoms with Gasteiger partial charge in [0.1, 0.15) is 11.5 Å². The molecule has 25 heavy (non-hydrogen) atoms. The van der Waals surface area contributed by atoms with Gasteiger partial charge in [-0.2, -0.15) is 0 Å². The summed E-state index contributed by atoms with van der Waals surface area (Å²) in [6, 6.07) is 15.9. The van der Waals surface area contributed by atoms with Crippen LogP contribution in [0.5, 0.6) is 11.5 Å². The molecule has 0 aliphatic heterocycles. The number of benzene rings is 2. The molecular formula is C20H20N2O3. The molecule has 5 heteroatoms. The second-order valence-electron chi connectivity index (χ2n) is 6.12. The summed E-state index contributed by atoms with van der Waals surface area (Å²) in [5, 5.41) is 8.00. The van der Waals surface area contributed by atoms with E-state index in [2.05, 4.69) is 22.3 Å². The molecular weight excluding hydrogens is 316 g/mol. The summed E-state index contributed by atoms with van der Waals surface area (Å²) in [4.78, 5) is 0. The van der Waals surface area contributed by atoms with E-state index in [1.807, 2.05) is 36.4 Å². The number of aromatic nitrogens is 2. The molecule has 1 aliphatic rings. The predicted octanol–water partition coefficient (Wildman–Crippen LogP) is 4.11. The Bertz CT molecular complexity index is 830. The summed E-state index contributed by atoms with van der Waals surface area (Å²) in [7, 11) is 0. The van der Waals surface area contributed by atoms with Crippen molar-refractivity contribution >= 4 is 0 Å². The Kier molecular flexibility index (Phi) is 4.63. The maximum atomic E-state index is 5.80. The molecule has 0 spiro atoms. The Labute approximate surface area is 146 Å². The first-order chi connectivity index (χ1) is 12.4. The lowest BCUT2D eigenvalue weighted by molar-refractivity contribution is 0.231. The van der Waals surface area contributed by atoms with Gasteiger partial charge in [-0.1, -0.05) is 24.3 Å². The first-order valence-corrected chi connectivity index (χ1v) is 8.60. The molecule has 0 radical (unpaired) electrons. The SMILES string of the molecule is c1ccc(OCc2nnc(COc3ccc4c(c3)CCCC4)o2)cc1. The van der Waals surface area contributed by atoms with Gasteiger partial charge in [-0.15, -0.1) is 10.2 Å². The van der Waals surface area contributed by atoms with Crippen molar-refractivity contribution in [1.29, 1.82) is 0 Å². The topological polar surface area (TPSA) is 57.4 Å². The fraction of sp³-hybridized carbons (Fsp3) is 0.300. The van der Waals surface area contributed by atoms with Crippen LogP contribution in [0.3, 0.4) is 0 Å². The highest BCUT2D eigenvalue weighted by atomic mass is 16.5. The van der Waals surface area contributed by atoms with Crippen molar-refractivity contribution in [3.05, 3.63) is 71.4 Å². The number of hydrogen-bond acceptors (Lipinski definition) is 5. The second-order valence-corrected chi connectivity index (χ2v) is 6.12. The summed E-state index contributed by atoms with van der Waals surface area (Å²) in [5.41, 5.74) is 2.84. The minimum Gasteiger partial charge on any atom is -0.484 e. The van der Waals surface area contributed by atoms with Crippen LogP contribution in [0.4, 0.5) is 0 Å². The van der Waals surface area contributed by atoms with Crippen LogP contribution in [0.2, 0.25) is 0 Å². The summed E-state index contributed by atoms with van der Waals surface area (Å²) in [5.74, 6) is 2.51. The van der Waals surface area contributed by atoms with Crippen molar-refractivity contribution in [2.24, 2.45) is 0 Å². The summed E-state index contributed by atoms with van der Waals surface area (Å²) >= 11 is 0. The molecule has 1 aromatic heterocycles. The zero-order chi connectivity index (χ0) is 16.9. The monoisotopic (exact) mass is 336 g/mol. The average molecular weight is 336 g/mol. The van der Waals surface area contributed by atoms with Gasteiger partial charge in [0, 0.05) is 0 Å². The fourth-order valence-corrected chi connectivity index (χ4v) is 3.01. The number of ether oxygens (including phenoxy) is 2. The molecule has 0 fully saturated rings. The van der Waals surface area contributed by atoms with Crippen molar-refractivity contribution in [3.8, 4) is 11.5 Å². The maximum Gasteiger partial charge on any atom is 0.254 e. The lowest BCUT2D eigenvalue weighted by atomic mass is 9.92. The Morgan fingerprint density at radius 1 is 0.760 bits per heavy atom. The van der Waals surface area contributed by atoms with Gasteiger partial charge in [0.05, 0.1) is 0 Å². The van der Waals surface area contributed by atoms with Gasteiger partial charge in [0.25, 0.3) is 11.8 Å². The highest BCUT2D eigenvalue weighted by Crippen LogP contribution is 2.25. The zero-order valence-corrected chi connectivity index (χ0v) is 14.0. The van der Waals surface area contributed by atoms with Crippen LogP contribution in [0.15, 0.2) is 52.9 Å². The molecule has 2 aromatic carbocycles. The number of rotatable bonds is 6.